The molecule has 1 aliphatic heterocycles. The van der Waals surface area contributed by atoms with Crippen LogP contribution in [0.4, 0.5) is 5.82 Å². The molecular formula is C9H12N6. The van der Waals surface area contributed by atoms with E-state index in [2.05, 4.69) is 30.8 Å². The van der Waals surface area contributed by atoms with Crippen LogP contribution in [0.1, 0.15) is 6.42 Å². The Labute approximate surface area is 86.5 Å². The molecule has 3 N–H and O–H groups in total. The van der Waals surface area contributed by atoms with Crippen molar-refractivity contribution in [3.05, 3.63) is 12.5 Å². The molecular weight excluding hydrogens is 192 g/mol. The maximum Gasteiger partial charge on any atom is 0.160 e. The van der Waals surface area contributed by atoms with Crippen molar-refractivity contribution in [2.24, 2.45) is 0 Å². The molecule has 2 aromatic rings. The molecule has 78 valence electrons. The van der Waals surface area contributed by atoms with Gasteiger partial charge in [0.15, 0.2) is 5.65 Å². The Morgan fingerprint density at radius 1 is 1.40 bits per heavy atom. The molecule has 3 rings (SSSR count). The number of hydrogen-bond acceptors (Lipinski definition) is 5. The van der Waals surface area contributed by atoms with Crippen LogP contribution in [0.15, 0.2) is 12.5 Å². The summed E-state index contributed by atoms with van der Waals surface area (Å²) in [6.45, 7) is 2.06. The molecule has 1 aliphatic rings. The van der Waals surface area contributed by atoms with Gasteiger partial charge in [-0.1, -0.05) is 0 Å². The van der Waals surface area contributed by atoms with Crippen molar-refractivity contribution in [2.75, 3.05) is 18.4 Å². The number of nitrogens with zero attached hydrogens (tertiary/aromatic N) is 3. The van der Waals surface area contributed by atoms with Gasteiger partial charge in [-0.15, -0.1) is 0 Å². The topological polar surface area (TPSA) is 78.5 Å². The number of rotatable bonds is 2. The van der Waals surface area contributed by atoms with Gasteiger partial charge in [0, 0.05) is 12.6 Å². The minimum atomic E-state index is 0.456. The van der Waals surface area contributed by atoms with Crippen LogP contribution >= 0.6 is 0 Å². The van der Waals surface area contributed by atoms with Gasteiger partial charge >= 0.3 is 0 Å². The first-order valence-corrected chi connectivity index (χ1v) is 5.05. The van der Waals surface area contributed by atoms with Gasteiger partial charge in [0.2, 0.25) is 0 Å². The lowest BCUT2D eigenvalue weighted by Crippen LogP contribution is -2.22. The Kier molecular flexibility index (Phi) is 1.99. The van der Waals surface area contributed by atoms with E-state index in [4.69, 9.17) is 0 Å². The summed E-state index contributed by atoms with van der Waals surface area (Å²) in [6, 6.07) is 0.456. The molecule has 0 unspecified atom stereocenters. The van der Waals surface area contributed by atoms with Crippen molar-refractivity contribution in [1.29, 1.82) is 0 Å². The lowest BCUT2D eigenvalue weighted by molar-refractivity contribution is 0.789. The minimum Gasteiger partial charge on any atom is -0.365 e. The zero-order valence-electron chi connectivity index (χ0n) is 8.20. The molecule has 6 nitrogen and oxygen atoms in total. The zero-order chi connectivity index (χ0) is 10.1. The average Bonchev–Trinajstić information content (AvgIpc) is 2.87. The minimum absolute atomic E-state index is 0.456. The first-order chi connectivity index (χ1) is 7.43. The third kappa shape index (κ3) is 1.52. The number of H-pyrrole nitrogens is 1. The maximum atomic E-state index is 4.23. The van der Waals surface area contributed by atoms with Crippen molar-refractivity contribution < 1.29 is 0 Å². The summed E-state index contributed by atoms with van der Waals surface area (Å²) in [4.78, 5) is 8.32. The molecule has 1 atom stereocenters. The van der Waals surface area contributed by atoms with Gasteiger partial charge < -0.3 is 10.6 Å². The Hall–Kier alpha value is -1.69. The van der Waals surface area contributed by atoms with Crippen LogP contribution in [-0.4, -0.2) is 39.3 Å². The number of nitrogens with one attached hydrogen (secondary N) is 3. The van der Waals surface area contributed by atoms with Gasteiger partial charge in [0.25, 0.3) is 0 Å². The van der Waals surface area contributed by atoms with Gasteiger partial charge in [-0.05, 0) is 13.0 Å². The highest BCUT2D eigenvalue weighted by Gasteiger charge is 2.15. The van der Waals surface area contributed by atoms with E-state index in [0.717, 1.165) is 36.4 Å². The van der Waals surface area contributed by atoms with Gasteiger partial charge in [0.1, 0.15) is 12.1 Å². The van der Waals surface area contributed by atoms with Gasteiger partial charge in [-0.3, -0.25) is 5.10 Å². The molecule has 15 heavy (non-hydrogen) atoms. The fraction of sp³-hybridized carbons (Fsp3) is 0.444. The van der Waals surface area contributed by atoms with Crippen LogP contribution in [0.25, 0.3) is 11.0 Å². The van der Waals surface area contributed by atoms with Crippen molar-refractivity contribution >= 4 is 16.9 Å². The van der Waals surface area contributed by atoms with Crippen molar-refractivity contribution in [2.45, 2.75) is 12.5 Å². The molecule has 0 aliphatic carbocycles. The van der Waals surface area contributed by atoms with Crippen molar-refractivity contribution in [3.8, 4) is 0 Å². The van der Waals surface area contributed by atoms with Gasteiger partial charge in [-0.2, -0.15) is 5.10 Å². The Balaban J connectivity index is 1.92. The molecule has 0 spiro atoms. The first-order valence-electron chi connectivity index (χ1n) is 5.05. The predicted octanol–water partition coefficient (Wildman–Crippen LogP) is 0.127. The van der Waals surface area contributed by atoms with E-state index in [1.807, 2.05) is 0 Å². The second kappa shape index (κ2) is 3.47. The van der Waals surface area contributed by atoms with E-state index in [1.54, 1.807) is 12.5 Å². The summed E-state index contributed by atoms with van der Waals surface area (Å²) in [5.41, 5.74) is 0.776. The molecule has 0 aromatic carbocycles. The third-order valence-electron chi connectivity index (χ3n) is 2.65. The highest BCUT2D eigenvalue weighted by atomic mass is 15.2. The Morgan fingerprint density at radius 3 is 3.27 bits per heavy atom. The fourth-order valence-corrected chi connectivity index (χ4v) is 1.85. The number of anilines is 1. The standard InChI is InChI=1S/C9H12N6/c1-2-10-3-6(1)14-8-7-4-13-15-9(7)12-5-11-8/h4-6,10H,1-3H2,(H2,11,12,13,14,15)/t6-/m0/s1. The smallest absolute Gasteiger partial charge is 0.160 e. The molecule has 1 saturated heterocycles. The molecule has 6 heteroatoms. The SMILES string of the molecule is c1nc(N[C@H]2CCNC2)c2cn[nH]c2n1. The summed E-state index contributed by atoms with van der Waals surface area (Å²) in [5.74, 6) is 0.863. The number of fused-ring (bicyclic) bond motifs is 1. The van der Waals surface area contributed by atoms with Crippen LogP contribution in [0, 0.1) is 0 Å². The number of aromatic amines is 1. The van der Waals surface area contributed by atoms with E-state index in [-0.39, 0.29) is 0 Å². The molecule has 0 saturated carbocycles. The lowest BCUT2D eigenvalue weighted by Gasteiger charge is -2.11. The van der Waals surface area contributed by atoms with Crippen LogP contribution < -0.4 is 10.6 Å². The molecule has 2 aromatic heterocycles. The van der Waals surface area contributed by atoms with E-state index in [0.29, 0.717) is 6.04 Å². The van der Waals surface area contributed by atoms with E-state index >= 15 is 0 Å². The molecule has 0 bridgehead atoms. The zero-order valence-corrected chi connectivity index (χ0v) is 8.20. The summed E-state index contributed by atoms with van der Waals surface area (Å²) in [5, 5.41) is 14.4. The van der Waals surface area contributed by atoms with E-state index in [9.17, 15) is 0 Å². The van der Waals surface area contributed by atoms with Crippen LogP contribution in [-0.2, 0) is 0 Å². The van der Waals surface area contributed by atoms with E-state index < -0.39 is 0 Å². The summed E-state index contributed by atoms with van der Waals surface area (Å²) in [6.07, 6.45) is 4.43. The third-order valence-corrected chi connectivity index (χ3v) is 2.65. The molecule has 0 amide bonds. The lowest BCUT2D eigenvalue weighted by atomic mass is 10.2. The largest absolute Gasteiger partial charge is 0.365 e. The quantitative estimate of drug-likeness (QED) is 0.648. The highest BCUT2D eigenvalue weighted by Crippen LogP contribution is 2.17. The first kappa shape index (κ1) is 8.60. The fourth-order valence-electron chi connectivity index (χ4n) is 1.85. The van der Waals surface area contributed by atoms with Gasteiger partial charge in [0.05, 0.1) is 11.6 Å². The van der Waals surface area contributed by atoms with Crippen LogP contribution in [0.2, 0.25) is 0 Å². The number of aromatic nitrogens is 4. The summed E-state index contributed by atoms with van der Waals surface area (Å²) >= 11 is 0. The maximum absolute atomic E-state index is 4.23. The van der Waals surface area contributed by atoms with Crippen molar-refractivity contribution in [3.63, 3.8) is 0 Å². The summed E-state index contributed by atoms with van der Waals surface area (Å²) in [7, 11) is 0. The predicted molar refractivity (Wildman–Crippen MR) is 56.6 cm³/mol. The van der Waals surface area contributed by atoms with Crippen LogP contribution in [0.3, 0.4) is 0 Å². The Morgan fingerprint density at radius 2 is 2.40 bits per heavy atom. The average molecular weight is 204 g/mol. The second-order valence-electron chi connectivity index (χ2n) is 3.69. The summed E-state index contributed by atoms with van der Waals surface area (Å²) < 4.78 is 0. The van der Waals surface area contributed by atoms with Crippen molar-refractivity contribution in [1.82, 2.24) is 25.5 Å². The van der Waals surface area contributed by atoms with Gasteiger partial charge in [-0.25, -0.2) is 9.97 Å². The second-order valence-corrected chi connectivity index (χ2v) is 3.69. The number of hydrogen-bond donors (Lipinski definition) is 3. The normalized spacial score (nSPS) is 20.9. The monoisotopic (exact) mass is 204 g/mol. The Bertz CT molecular complexity index is 458. The van der Waals surface area contributed by atoms with Crippen LogP contribution in [0.5, 0.6) is 0 Å². The van der Waals surface area contributed by atoms with E-state index in [1.165, 1.54) is 0 Å². The highest BCUT2D eigenvalue weighted by molar-refractivity contribution is 5.85. The molecule has 0 radical (unpaired) electrons. The molecule has 3 heterocycles. The molecule has 1 fully saturated rings.